The molecular weight excluding hydrogens is 1320 g/mol. The van der Waals surface area contributed by atoms with Gasteiger partial charge in [-0.2, -0.15) is 0 Å². The summed E-state index contributed by atoms with van der Waals surface area (Å²) in [5, 5.41) is 0. The van der Waals surface area contributed by atoms with Gasteiger partial charge in [-0.3, -0.25) is 47.5 Å². The summed E-state index contributed by atoms with van der Waals surface area (Å²) < 4.78 is 27.0. The average molecular weight is 1420 g/mol. The zero-order valence-electron chi connectivity index (χ0n) is 55.7. The number of carbonyl (C=O) groups is 5. The van der Waals surface area contributed by atoms with Crippen LogP contribution in [-0.2, 0) is 24.0 Å². The molecule has 10 nitrogen and oxygen atoms in total. The second kappa shape index (κ2) is 47.2. The summed E-state index contributed by atoms with van der Waals surface area (Å²) in [6.07, 6.45) is 27.3. The van der Waals surface area contributed by atoms with Crippen molar-refractivity contribution in [2.45, 2.75) is 220 Å². The van der Waals surface area contributed by atoms with Gasteiger partial charge >= 0.3 is 29.8 Å². The van der Waals surface area contributed by atoms with Crippen LogP contribution in [0.1, 0.15) is 195 Å². The van der Waals surface area contributed by atoms with Crippen molar-refractivity contribution in [3.63, 3.8) is 0 Å². The molecule has 525 valence electrons. The van der Waals surface area contributed by atoms with Crippen molar-refractivity contribution in [2.75, 3.05) is 0 Å². The van der Waals surface area contributed by atoms with E-state index in [1.54, 1.807) is 121 Å². The molecule has 0 aromatic heterocycles. The third-order valence-electron chi connectivity index (χ3n) is 19.0. The van der Waals surface area contributed by atoms with Crippen LogP contribution in [0.2, 0.25) is 0 Å². The van der Waals surface area contributed by atoms with Gasteiger partial charge in [0.05, 0.1) is 29.6 Å². The molecule has 0 saturated heterocycles. The third kappa shape index (κ3) is 31.5. The summed E-state index contributed by atoms with van der Waals surface area (Å²) in [5.74, 6) is 7.00. The van der Waals surface area contributed by atoms with Gasteiger partial charge in [-0.1, -0.05) is 130 Å². The molecule has 5 aliphatic carbocycles. The van der Waals surface area contributed by atoms with Crippen molar-refractivity contribution < 1.29 is 71.2 Å². The van der Waals surface area contributed by atoms with Gasteiger partial charge in [-0.25, -0.2) is 0 Å². The lowest BCUT2D eigenvalue weighted by atomic mass is 9.81. The molecule has 5 fully saturated rings. The fourth-order valence-electron chi connectivity index (χ4n) is 12.6. The lowest BCUT2D eigenvalue weighted by Crippen LogP contribution is -2.25. The third-order valence-corrected chi connectivity index (χ3v) is 20.4. The standard InChI is InChI=1S/5C15H19O2S.5FH/c5*1-2-11-3-5-12(6-4-11)15(16)17-13-7-9-14(18)10-8-13;;;;;/h5*7-12H,2-6H2,1H3;5*1H. The van der Waals surface area contributed by atoms with E-state index < -0.39 is 0 Å². The second-order valence-electron chi connectivity index (χ2n) is 25.1. The number of hydrogen-bond donors (Lipinski definition) is 0. The highest BCUT2D eigenvalue weighted by Crippen LogP contribution is 2.37. The zero-order chi connectivity index (χ0) is 64.8. The van der Waals surface area contributed by atoms with Crippen molar-refractivity contribution in [3.8, 4) is 28.7 Å². The van der Waals surface area contributed by atoms with Gasteiger partial charge in [0.1, 0.15) is 28.7 Å². The molecular formula is C75H100F5O10S5. The van der Waals surface area contributed by atoms with E-state index >= 15 is 0 Å². The Morgan fingerprint density at radius 3 is 0.463 bits per heavy atom. The molecule has 0 unspecified atom stereocenters. The van der Waals surface area contributed by atoms with Crippen LogP contribution in [-0.4, -0.2) is 29.8 Å². The minimum atomic E-state index is -0.0818. The molecule has 0 heterocycles. The molecule has 0 N–H and O–H groups in total. The molecule has 0 bridgehead atoms. The second-order valence-corrected chi connectivity index (χ2v) is 27.4. The van der Waals surface area contributed by atoms with E-state index in [9.17, 15) is 24.0 Å². The van der Waals surface area contributed by atoms with Crippen molar-refractivity contribution in [1.82, 2.24) is 0 Å². The van der Waals surface area contributed by atoms with Crippen LogP contribution in [0.3, 0.4) is 0 Å². The normalized spacial score (nSPS) is 22.4. The Morgan fingerprint density at radius 2 is 0.358 bits per heavy atom. The fraction of sp³-hybridized carbons (Fsp3) is 0.533. The molecule has 20 heteroatoms. The monoisotopic (exact) mass is 1420 g/mol. The van der Waals surface area contributed by atoms with Crippen LogP contribution in [0.15, 0.2) is 146 Å². The number of halogens is 5. The van der Waals surface area contributed by atoms with E-state index in [4.69, 9.17) is 86.8 Å². The SMILES string of the molecule is CCC1CCC(C(=O)Oc2ccc([S])cc2)CC1.CCC1CCC(C(=O)Oc2ccc([S])cc2)CC1.CCC1CCC(C(=O)Oc2ccc([S])cc2)CC1.CCC1CCC(C(=O)Oc2ccc([S])cc2)CC1.CCC1CCC(C(=O)Oc2ccc([S])cc2)CC1.F.F.F.F.F. The summed E-state index contributed by atoms with van der Waals surface area (Å²) in [6, 6.07) is 35.5. The van der Waals surface area contributed by atoms with Gasteiger partial charge in [-0.05, 0) is 279 Å². The highest BCUT2D eigenvalue weighted by atomic mass is 32.1. The smallest absolute Gasteiger partial charge is 0.314 e. The zero-order valence-corrected chi connectivity index (χ0v) is 59.7. The van der Waals surface area contributed by atoms with Crippen LogP contribution < -0.4 is 23.7 Å². The van der Waals surface area contributed by atoms with E-state index in [1.807, 2.05) is 0 Å². The molecule has 0 aliphatic heterocycles. The maximum Gasteiger partial charge on any atom is 0.314 e. The average Bonchev–Trinajstić information content (AvgIpc) is 1.47. The molecule has 10 rings (SSSR count). The highest BCUT2D eigenvalue weighted by molar-refractivity contribution is 7.81. The number of rotatable bonds is 15. The van der Waals surface area contributed by atoms with Gasteiger partial charge in [0.15, 0.2) is 0 Å². The Bertz CT molecular complexity index is 2450. The van der Waals surface area contributed by atoms with Crippen LogP contribution >= 0.6 is 63.1 Å². The first-order chi connectivity index (χ1) is 43.4. The van der Waals surface area contributed by atoms with Gasteiger partial charge in [0.25, 0.3) is 0 Å². The van der Waals surface area contributed by atoms with E-state index in [0.717, 1.165) is 182 Å². The quantitative estimate of drug-likeness (QED) is 0.0567. The molecule has 0 atom stereocenters. The minimum absolute atomic E-state index is 0. The van der Waals surface area contributed by atoms with E-state index in [1.165, 1.54) is 32.1 Å². The van der Waals surface area contributed by atoms with Crippen molar-refractivity contribution in [1.29, 1.82) is 0 Å². The molecule has 5 saturated carbocycles. The Kier molecular flexibility index (Phi) is 43.3. The fourth-order valence-corrected chi connectivity index (χ4v) is 13.2. The van der Waals surface area contributed by atoms with Crippen LogP contribution in [0, 0.1) is 59.2 Å². The first-order valence-electron chi connectivity index (χ1n) is 33.4. The minimum Gasteiger partial charge on any atom is -0.426 e. The predicted molar refractivity (Wildman–Crippen MR) is 381 cm³/mol. The van der Waals surface area contributed by atoms with Gasteiger partial charge in [0, 0.05) is 24.5 Å². The largest absolute Gasteiger partial charge is 0.426 e. The molecule has 0 spiro atoms. The number of benzene rings is 5. The molecule has 95 heavy (non-hydrogen) atoms. The Hall–Kier alpha value is -5.80. The Labute approximate surface area is 589 Å². The van der Waals surface area contributed by atoms with E-state index in [0.29, 0.717) is 28.7 Å². The van der Waals surface area contributed by atoms with Gasteiger partial charge in [-0.15, -0.1) is 0 Å². The number of ether oxygens (including phenoxy) is 5. The van der Waals surface area contributed by atoms with Gasteiger partial charge < -0.3 is 23.7 Å². The molecule has 5 aliphatic rings. The molecule has 0 amide bonds. The maximum atomic E-state index is 12.0. The van der Waals surface area contributed by atoms with E-state index in [2.05, 4.69) is 34.6 Å². The molecule has 5 aromatic rings. The Balaban J connectivity index is 0.000000586. The van der Waals surface area contributed by atoms with Crippen LogP contribution in [0.25, 0.3) is 0 Å². The summed E-state index contributed by atoms with van der Waals surface area (Å²) >= 11 is 25.0. The summed E-state index contributed by atoms with van der Waals surface area (Å²) in [4.78, 5) is 63.8. The van der Waals surface area contributed by atoms with Crippen LogP contribution in [0.5, 0.6) is 28.7 Å². The predicted octanol–water partition coefficient (Wildman–Crippen LogP) is 22.6. The number of esters is 5. The highest BCUT2D eigenvalue weighted by Gasteiger charge is 2.31. The molecule has 5 aromatic carbocycles. The first kappa shape index (κ1) is 87.2. The number of carbonyl (C=O) groups excluding carboxylic acids is 5. The summed E-state index contributed by atoms with van der Waals surface area (Å²) in [5.41, 5.74) is 0. The van der Waals surface area contributed by atoms with Crippen LogP contribution in [0.4, 0.5) is 23.5 Å². The van der Waals surface area contributed by atoms with Crippen molar-refractivity contribution >= 4 is 93.0 Å². The molecule has 5 radical (unpaired) electrons. The summed E-state index contributed by atoms with van der Waals surface area (Å²) in [6.45, 7) is 11.1. The summed E-state index contributed by atoms with van der Waals surface area (Å²) in [7, 11) is 0. The topological polar surface area (TPSA) is 132 Å². The maximum absolute atomic E-state index is 12.0. The lowest BCUT2D eigenvalue weighted by Gasteiger charge is -2.26. The van der Waals surface area contributed by atoms with Gasteiger partial charge in [0.2, 0.25) is 0 Å². The van der Waals surface area contributed by atoms with Crippen molar-refractivity contribution in [3.05, 3.63) is 121 Å². The number of hydrogen-bond acceptors (Lipinski definition) is 10. The van der Waals surface area contributed by atoms with E-state index in [-0.39, 0.29) is 83.0 Å². The lowest BCUT2D eigenvalue weighted by molar-refractivity contribution is -0.141. The van der Waals surface area contributed by atoms with Crippen molar-refractivity contribution in [2.24, 2.45) is 59.2 Å². The first-order valence-corrected chi connectivity index (χ1v) is 35.4. The Morgan fingerprint density at radius 1 is 0.242 bits per heavy atom.